The van der Waals surface area contributed by atoms with E-state index in [9.17, 15) is 4.79 Å². The van der Waals surface area contributed by atoms with Crippen LogP contribution in [0.25, 0.3) is 0 Å². The van der Waals surface area contributed by atoms with Gasteiger partial charge in [-0.25, -0.2) is 13.9 Å². The van der Waals surface area contributed by atoms with E-state index >= 15 is 0 Å². The lowest BCUT2D eigenvalue weighted by Gasteiger charge is -2.04. The molecule has 0 saturated carbocycles. The molecule has 4 heteroatoms. The topological polar surface area (TPSA) is 46.1 Å². The molecule has 0 aliphatic rings. The highest BCUT2D eigenvalue weighted by Gasteiger charge is 2.18. The molecule has 1 heterocycles. The van der Waals surface area contributed by atoms with E-state index in [1.54, 1.807) is 0 Å². The van der Waals surface area contributed by atoms with Crippen molar-refractivity contribution >= 4 is 5.97 Å². The molecule has 0 amide bonds. The Balaban J connectivity index is 2.53. The number of aromatic nitrogens is 2. The lowest BCUT2D eigenvalue weighted by atomic mass is 10.1. The van der Waals surface area contributed by atoms with Gasteiger partial charge in [-0.1, -0.05) is 52.4 Å². The fourth-order valence-corrected chi connectivity index (χ4v) is 2.67. The molecule has 1 aromatic heterocycles. The summed E-state index contributed by atoms with van der Waals surface area (Å²) in [5, 5.41) is 9.02. The third-order valence-electron chi connectivity index (χ3n) is 3.90. The standard InChI is InChI=1S/C17H30N2O2/c1-3-5-7-8-9-10-11-16-18(12-6-4-2)13-14-19(16)15-17(20)21/h13-14H,3-12,15H2,1-2H3/p+1. The predicted molar refractivity (Wildman–Crippen MR) is 84.3 cm³/mol. The van der Waals surface area contributed by atoms with Crippen LogP contribution in [0, 0.1) is 0 Å². The minimum atomic E-state index is -0.766. The van der Waals surface area contributed by atoms with E-state index in [0.29, 0.717) is 0 Å². The molecular formula is C17H31N2O2+. The number of rotatable bonds is 12. The summed E-state index contributed by atoms with van der Waals surface area (Å²) in [7, 11) is 0. The lowest BCUT2D eigenvalue weighted by molar-refractivity contribution is -0.692. The van der Waals surface area contributed by atoms with E-state index in [1.165, 1.54) is 37.9 Å². The van der Waals surface area contributed by atoms with Crippen molar-refractivity contribution in [2.45, 2.75) is 84.7 Å². The summed E-state index contributed by atoms with van der Waals surface area (Å²) in [6.45, 7) is 5.48. The number of carboxylic acid groups (broad SMARTS) is 1. The number of unbranched alkanes of at least 4 members (excludes halogenated alkanes) is 6. The second-order valence-corrected chi connectivity index (χ2v) is 5.80. The van der Waals surface area contributed by atoms with Crippen LogP contribution in [0.15, 0.2) is 12.4 Å². The summed E-state index contributed by atoms with van der Waals surface area (Å²) in [6, 6.07) is 0. The Bertz CT molecular complexity index is 413. The van der Waals surface area contributed by atoms with Crippen LogP contribution in [-0.2, 0) is 24.3 Å². The highest BCUT2D eigenvalue weighted by molar-refractivity contribution is 5.64. The zero-order valence-corrected chi connectivity index (χ0v) is 13.7. The molecule has 0 unspecified atom stereocenters. The SMILES string of the molecule is CCCCCCCCc1n(CCCC)cc[n+]1CC(=O)O. The zero-order chi connectivity index (χ0) is 15.5. The predicted octanol–water partition coefficient (Wildman–Crippen LogP) is 3.56. The first-order valence-corrected chi connectivity index (χ1v) is 8.48. The number of aryl methyl sites for hydroxylation is 1. The number of carboxylic acids is 1. The van der Waals surface area contributed by atoms with E-state index in [4.69, 9.17) is 5.11 Å². The Morgan fingerprint density at radius 2 is 1.76 bits per heavy atom. The van der Waals surface area contributed by atoms with Gasteiger partial charge in [0.1, 0.15) is 12.4 Å². The first-order valence-electron chi connectivity index (χ1n) is 8.48. The van der Waals surface area contributed by atoms with Crippen LogP contribution in [0.1, 0.15) is 71.0 Å². The van der Waals surface area contributed by atoms with E-state index in [2.05, 4.69) is 18.4 Å². The first kappa shape index (κ1) is 17.7. The first-order chi connectivity index (χ1) is 10.2. The Labute approximate surface area is 128 Å². The third kappa shape index (κ3) is 6.78. The van der Waals surface area contributed by atoms with Gasteiger partial charge < -0.3 is 5.11 Å². The maximum absolute atomic E-state index is 11.0. The van der Waals surface area contributed by atoms with Gasteiger partial charge in [-0.2, -0.15) is 0 Å². The Morgan fingerprint density at radius 3 is 2.43 bits per heavy atom. The summed E-state index contributed by atoms with van der Waals surface area (Å²) in [5.74, 6) is 0.402. The van der Waals surface area contributed by atoms with Gasteiger partial charge in [0.2, 0.25) is 0 Å². The van der Waals surface area contributed by atoms with Gasteiger partial charge in [0.25, 0.3) is 5.82 Å². The van der Waals surface area contributed by atoms with E-state index in [0.717, 1.165) is 32.2 Å². The molecule has 0 saturated heterocycles. The van der Waals surface area contributed by atoms with Crippen molar-refractivity contribution in [1.82, 2.24) is 4.57 Å². The summed E-state index contributed by atoms with van der Waals surface area (Å²) < 4.78 is 4.13. The number of nitrogens with zero attached hydrogens (tertiary/aromatic N) is 2. The van der Waals surface area contributed by atoms with Crippen LogP contribution in [0.2, 0.25) is 0 Å². The van der Waals surface area contributed by atoms with Crippen LogP contribution in [-0.4, -0.2) is 15.6 Å². The van der Waals surface area contributed by atoms with Crippen molar-refractivity contribution in [2.75, 3.05) is 0 Å². The monoisotopic (exact) mass is 295 g/mol. The largest absolute Gasteiger partial charge is 0.478 e. The van der Waals surface area contributed by atoms with Crippen LogP contribution in [0.5, 0.6) is 0 Å². The molecule has 0 radical (unpaired) electrons. The van der Waals surface area contributed by atoms with Crippen molar-refractivity contribution < 1.29 is 14.5 Å². The molecule has 0 spiro atoms. The highest BCUT2D eigenvalue weighted by atomic mass is 16.4. The molecule has 4 nitrogen and oxygen atoms in total. The minimum absolute atomic E-state index is 0.0737. The number of carbonyl (C=O) groups is 1. The van der Waals surface area contributed by atoms with Crippen LogP contribution < -0.4 is 4.57 Å². The van der Waals surface area contributed by atoms with Gasteiger partial charge in [-0.05, 0) is 12.8 Å². The second kappa shape index (κ2) is 10.4. The normalized spacial score (nSPS) is 11.0. The molecule has 21 heavy (non-hydrogen) atoms. The molecule has 1 N–H and O–H groups in total. The van der Waals surface area contributed by atoms with Gasteiger partial charge in [-0.15, -0.1) is 0 Å². The summed E-state index contributed by atoms with van der Waals surface area (Å²) >= 11 is 0. The molecule has 0 atom stereocenters. The average Bonchev–Trinajstić information content (AvgIpc) is 2.82. The van der Waals surface area contributed by atoms with Crippen molar-refractivity contribution in [3.8, 4) is 0 Å². The van der Waals surface area contributed by atoms with E-state index in [1.807, 2.05) is 17.0 Å². The van der Waals surface area contributed by atoms with E-state index in [-0.39, 0.29) is 6.54 Å². The van der Waals surface area contributed by atoms with Crippen molar-refractivity contribution in [1.29, 1.82) is 0 Å². The van der Waals surface area contributed by atoms with Crippen molar-refractivity contribution in [3.05, 3.63) is 18.2 Å². The van der Waals surface area contributed by atoms with Crippen molar-refractivity contribution in [3.63, 3.8) is 0 Å². The Hall–Kier alpha value is -1.32. The fourth-order valence-electron chi connectivity index (χ4n) is 2.67. The highest BCUT2D eigenvalue weighted by Crippen LogP contribution is 2.09. The third-order valence-corrected chi connectivity index (χ3v) is 3.90. The minimum Gasteiger partial charge on any atom is -0.478 e. The smallest absolute Gasteiger partial charge is 0.346 e. The fraction of sp³-hybridized carbons (Fsp3) is 0.765. The molecule has 0 fully saturated rings. The van der Waals surface area contributed by atoms with Crippen LogP contribution in [0.4, 0.5) is 0 Å². The maximum Gasteiger partial charge on any atom is 0.346 e. The lowest BCUT2D eigenvalue weighted by Crippen LogP contribution is -2.41. The van der Waals surface area contributed by atoms with Gasteiger partial charge in [-0.3, -0.25) is 0 Å². The molecule has 0 aromatic carbocycles. The molecule has 0 aliphatic heterocycles. The quantitative estimate of drug-likeness (QED) is 0.473. The number of hydrogen-bond donors (Lipinski definition) is 1. The Morgan fingerprint density at radius 1 is 1.10 bits per heavy atom. The van der Waals surface area contributed by atoms with E-state index < -0.39 is 5.97 Å². The second-order valence-electron chi connectivity index (χ2n) is 5.80. The summed E-state index contributed by atoms with van der Waals surface area (Å²) in [5.41, 5.74) is 0. The molecule has 0 aliphatic carbocycles. The molecular weight excluding hydrogens is 264 g/mol. The molecule has 120 valence electrons. The zero-order valence-electron chi connectivity index (χ0n) is 13.7. The van der Waals surface area contributed by atoms with Gasteiger partial charge in [0, 0.05) is 6.42 Å². The molecule has 1 rings (SSSR count). The maximum atomic E-state index is 11.0. The summed E-state index contributed by atoms with van der Waals surface area (Å²) in [6.07, 6.45) is 14.8. The Kier molecular flexibility index (Phi) is 8.79. The van der Waals surface area contributed by atoms with Gasteiger partial charge >= 0.3 is 5.97 Å². The average molecular weight is 295 g/mol. The van der Waals surface area contributed by atoms with Crippen molar-refractivity contribution in [2.24, 2.45) is 0 Å². The number of aliphatic carboxylic acids is 1. The number of hydrogen-bond acceptors (Lipinski definition) is 1. The van der Waals surface area contributed by atoms with Gasteiger partial charge in [0.15, 0.2) is 6.54 Å². The van der Waals surface area contributed by atoms with Gasteiger partial charge in [0.05, 0.1) is 6.54 Å². The number of imidazole rings is 1. The summed E-state index contributed by atoms with van der Waals surface area (Å²) in [4.78, 5) is 11.0. The van der Waals surface area contributed by atoms with Crippen LogP contribution >= 0.6 is 0 Å². The molecule has 0 bridgehead atoms. The molecule has 1 aromatic rings. The van der Waals surface area contributed by atoms with Crippen LogP contribution in [0.3, 0.4) is 0 Å².